The van der Waals surface area contributed by atoms with E-state index in [1.807, 2.05) is 31.2 Å². The Bertz CT molecular complexity index is 1360. The third-order valence-corrected chi connectivity index (χ3v) is 5.93. The Morgan fingerprint density at radius 2 is 1.39 bits per heavy atom. The molecule has 164 valence electrons. The molecule has 0 aliphatic carbocycles. The summed E-state index contributed by atoms with van der Waals surface area (Å²) in [5.41, 5.74) is 11.3. The fraction of sp³-hybridized carbons (Fsp3) is 0.148. The monoisotopic (exact) mass is 436 g/mol. The molecule has 4 aromatic rings. The molecule has 5 rings (SSSR count). The standard InChI is InChI=1S/C27H24N4O2/c1-17-3-6-19(7-4-17)26(32)29-30-27(33)20-9-11-23(12-10-20)31-14-13-22-16-21-8-5-18(2)15-24(21)28-25(22)31/h3-12,15-16H,13-14H2,1-2H3,(H,29,32)(H,30,33). The highest BCUT2D eigenvalue weighted by Crippen LogP contribution is 2.35. The third-order valence-electron chi connectivity index (χ3n) is 5.93. The molecule has 3 aromatic carbocycles. The second-order valence-corrected chi connectivity index (χ2v) is 8.39. The van der Waals surface area contributed by atoms with Gasteiger partial charge in [-0.3, -0.25) is 20.4 Å². The van der Waals surface area contributed by atoms with Crippen LogP contribution < -0.4 is 15.8 Å². The van der Waals surface area contributed by atoms with Gasteiger partial charge in [0, 0.05) is 28.7 Å². The van der Waals surface area contributed by atoms with Gasteiger partial charge in [-0.05, 0) is 79.9 Å². The summed E-state index contributed by atoms with van der Waals surface area (Å²) in [7, 11) is 0. The van der Waals surface area contributed by atoms with Crippen molar-refractivity contribution in [1.82, 2.24) is 15.8 Å². The zero-order valence-corrected chi connectivity index (χ0v) is 18.6. The predicted molar refractivity (Wildman–Crippen MR) is 130 cm³/mol. The number of hydrogen-bond acceptors (Lipinski definition) is 4. The highest BCUT2D eigenvalue weighted by atomic mass is 16.2. The number of aromatic nitrogens is 1. The normalized spacial score (nSPS) is 12.5. The number of nitrogens with one attached hydrogen (secondary N) is 2. The minimum Gasteiger partial charge on any atom is -0.326 e. The highest BCUT2D eigenvalue weighted by Gasteiger charge is 2.23. The van der Waals surface area contributed by atoms with Crippen LogP contribution in [-0.4, -0.2) is 23.3 Å². The molecule has 0 spiro atoms. The van der Waals surface area contributed by atoms with E-state index in [4.69, 9.17) is 4.98 Å². The van der Waals surface area contributed by atoms with Crippen molar-refractivity contribution in [1.29, 1.82) is 0 Å². The Hall–Kier alpha value is -4.19. The molecule has 0 unspecified atom stereocenters. The van der Waals surface area contributed by atoms with Crippen LogP contribution in [-0.2, 0) is 6.42 Å². The predicted octanol–water partition coefficient (Wildman–Crippen LogP) is 4.62. The van der Waals surface area contributed by atoms with Gasteiger partial charge in [-0.15, -0.1) is 0 Å². The van der Waals surface area contributed by atoms with E-state index in [9.17, 15) is 9.59 Å². The molecule has 0 saturated heterocycles. The van der Waals surface area contributed by atoms with E-state index in [0.717, 1.165) is 40.9 Å². The minimum absolute atomic E-state index is 0.359. The van der Waals surface area contributed by atoms with Crippen molar-refractivity contribution in [3.05, 3.63) is 101 Å². The molecular weight excluding hydrogens is 412 g/mol. The van der Waals surface area contributed by atoms with Gasteiger partial charge >= 0.3 is 0 Å². The van der Waals surface area contributed by atoms with Gasteiger partial charge in [0.25, 0.3) is 11.8 Å². The molecule has 0 saturated carbocycles. The Kier molecular flexibility index (Phi) is 5.26. The SMILES string of the molecule is Cc1ccc(C(=O)NNC(=O)c2ccc(N3CCc4cc5ccc(C)cc5nc43)cc2)cc1. The molecule has 6 heteroatoms. The lowest BCUT2D eigenvalue weighted by molar-refractivity contribution is 0.0846. The second kappa shape index (κ2) is 8.39. The maximum Gasteiger partial charge on any atom is 0.269 e. The summed E-state index contributed by atoms with van der Waals surface area (Å²) in [4.78, 5) is 31.8. The lowest BCUT2D eigenvalue weighted by Crippen LogP contribution is -2.41. The first-order valence-corrected chi connectivity index (χ1v) is 10.9. The van der Waals surface area contributed by atoms with Gasteiger partial charge in [0.1, 0.15) is 5.82 Å². The lowest BCUT2D eigenvalue weighted by Gasteiger charge is -2.19. The van der Waals surface area contributed by atoms with E-state index < -0.39 is 0 Å². The summed E-state index contributed by atoms with van der Waals surface area (Å²) >= 11 is 0. The Morgan fingerprint density at radius 3 is 2.06 bits per heavy atom. The van der Waals surface area contributed by atoms with Crippen LogP contribution in [0.1, 0.15) is 37.4 Å². The maximum absolute atomic E-state index is 12.5. The number of hydrogen-bond donors (Lipinski definition) is 2. The summed E-state index contributed by atoms with van der Waals surface area (Å²) in [5, 5.41) is 1.15. The number of aryl methyl sites for hydroxylation is 2. The van der Waals surface area contributed by atoms with Crippen LogP contribution in [0.15, 0.2) is 72.8 Å². The van der Waals surface area contributed by atoms with Gasteiger partial charge in [-0.2, -0.15) is 0 Å². The Balaban J connectivity index is 1.29. The molecule has 1 aliphatic heterocycles. The molecule has 33 heavy (non-hydrogen) atoms. The van der Waals surface area contributed by atoms with Crippen molar-refractivity contribution in [2.45, 2.75) is 20.3 Å². The number of hydrazine groups is 1. The molecule has 2 heterocycles. The largest absolute Gasteiger partial charge is 0.326 e. The van der Waals surface area contributed by atoms with Crippen LogP contribution in [0, 0.1) is 13.8 Å². The average Bonchev–Trinajstić information content (AvgIpc) is 3.24. The molecule has 0 atom stereocenters. The van der Waals surface area contributed by atoms with Gasteiger partial charge < -0.3 is 4.90 Å². The number of carbonyl (C=O) groups is 2. The summed E-state index contributed by atoms with van der Waals surface area (Å²) in [6, 6.07) is 23.0. The van der Waals surface area contributed by atoms with Crippen molar-refractivity contribution in [3.8, 4) is 0 Å². The zero-order chi connectivity index (χ0) is 22.9. The van der Waals surface area contributed by atoms with Crippen molar-refractivity contribution in [3.63, 3.8) is 0 Å². The van der Waals surface area contributed by atoms with E-state index in [1.54, 1.807) is 24.3 Å². The first-order valence-electron chi connectivity index (χ1n) is 10.9. The van der Waals surface area contributed by atoms with Gasteiger partial charge in [0.15, 0.2) is 0 Å². The van der Waals surface area contributed by atoms with Crippen LogP contribution in [0.4, 0.5) is 11.5 Å². The van der Waals surface area contributed by atoms with Gasteiger partial charge in [0.2, 0.25) is 0 Å². The summed E-state index contributed by atoms with van der Waals surface area (Å²) in [5.74, 6) is 0.237. The lowest BCUT2D eigenvalue weighted by atomic mass is 10.1. The van der Waals surface area contributed by atoms with Crippen LogP contribution in [0.25, 0.3) is 10.9 Å². The number of rotatable bonds is 3. The molecule has 1 aliphatic rings. The number of amides is 2. The Labute approximate surface area is 192 Å². The van der Waals surface area contributed by atoms with E-state index in [-0.39, 0.29) is 11.8 Å². The molecule has 2 amide bonds. The van der Waals surface area contributed by atoms with Crippen LogP contribution in [0.5, 0.6) is 0 Å². The molecule has 0 bridgehead atoms. The van der Waals surface area contributed by atoms with Crippen LogP contribution >= 0.6 is 0 Å². The molecule has 0 fully saturated rings. The number of fused-ring (bicyclic) bond motifs is 2. The molecule has 1 aromatic heterocycles. The minimum atomic E-state index is -0.372. The van der Waals surface area contributed by atoms with Gasteiger partial charge in [-0.25, -0.2) is 4.98 Å². The molecule has 0 radical (unpaired) electrons. The number of benzene rings is 3. The smallest absolute Gasteiger partial charge is 0.269 e. The fourth-order valence-corrected chi connectivity index (χ4v) is 4.07. The maximum atomic E-state index is 12.5. The quantitative estimate of drug-likeness (QED) is 0.460. The fourth-order valence-electron chi connectivity index (χ4n) is 4.07. The number of nitrogens with zero attached hydrogens (tertiary/aromatic N) is 2. The van der Waals surface area contributed by atoms with Crippen LogP contribution in [0.2, 0.25) is 0 Å². The van der Waals surface area contributed by atoms with Crippen molar-refractivity contribution < 1.29 is 9.59 Å². The Morgan fingerprint density at radius 1 is 0.788 bits per heavy atom. The first kappa shape index (κ1) is 20.7. The van der Waals surface area contributed by atoms with Gasteiger partial charge in [0.05, 0.1) is 5.52 Å². The van der Waals surface area contributed by atoms with Crippen molar-refractivity contribution in [2.24, 2.45) is 0 Å². The first-order chi connectivity index (χ1) is 16.0. The average molecular weight is 437 g/mol. The number of carbonyl (C=O) groups excluding carboxylic acids is 2. The van der Waals surface area contributed by atoms with E-state index in [0.29, 0.717) is 11.1 Å². The van der Waals surface area contributed by atoms with E-state index >= 15 is 0 Å². The third kappa shape index (κ3) is 4.15. The van der Waals surface area contributed by atoms with Crippen LogP contribution in [0.3, 0.4) is 0 Å². The van der Waals surface area contributed by atoms with Crippen molar-refractivity contribution in [2.75, 3.05) is 11.4 Å². The number of pyridine rings is 1. The molecular formula is C27H24N4O2. The molecule has 6 nitrogen and oxygen atoms in total. The summed E-state index contributed by atoms with van der Waals surface area (Å²) in [6.45, 7) is 4.86. The topological polar surface area (TPSA) is 74.3 Å². The van der Waals surface area contributed by atoms with Crippen molar-refractivity contribution >= 4 is 34.2 Å². The van der Waals surface area contributed by atoms with E-state index in [2.05, 4.69) is 46.9 Å². The van der Waals surface area contributed by atoms with Gasteiger partial charge in [-0.1, -0.05) is 29.8 Å². The summed E-state index contributed by atoms with van der Waals surface area (Å²) in [6.07, 6.45) is 0.930. The molecule has 2 N–H and O–H groups in total. The summed E-state index contributed by atoms with van der Waals surface area (Å²) < 4.78 is 0. The zero-order valence-electron chi connectivity index (χ0n) is 18.6. The van der Waals surface area contributed by atoms with E-state index in [1.165, 1.54) is 11.1 Å². The number of anilines is 2. The highest BCUT2D eigenvalue weighted by molar-refractivity contribution is 5.99. The second-order valence-electron chi connectivity index (χ2n) is 8.39.